The Morgan fingerprint density at radius 3 is 1.34 bits per heavy atom. The summed E-state index contributed by atoms with van der Waals surface area (Å²) in [5.74, 6) is -2.89. The first-order valence-electron chi connectivity index (χ1n) is 25.4. The van der Waals surface area contributed by atoms with Gasteiger partial charge in [-0.2, -0.15) is 0 Å². The van der Waals surface area contributed by atoms with Crippen molar-refractivity contribution in [3.63, 3.8) is 0 Å². The van der Waals surface area contributed by atoms with Gasteiger partial charge in [-0.3, -0.25) is 33.7 Å². The van der Waals surface area contributed by atoms with Gasteiger partial charge in [0.15, 0.2) is 5.78 Å². The molecule has 396 valence electrons. The van der Waals surface area contributed by atoms with Crippen LogP contribution in [0.3, 0.4) is 0 Å². The number of rotatable bonds is 45. The van der Waals surface area contributed by atoms with Crippen LogP contribution in [0.2, 0.25) is 0 Å². The highest BCUT2D eigenvalue weighted by Crippen LogP contribution is 2.26. The van der Waals surface area contributed by atoms with Crippen molar-refractivity contribution in [3.8, 4) is 0 Å². The highest BCUT2D eigenvalue weighted by Gasteiger charge is 2.35. The molecule has 6 N–H and O–H groups in total. The Balaban J connectivity index is 3.78. The summed E-state index contributed by atoms with van der Waals surface area (Å²) >= 11 is 0. The molecule has 4 amide bonds. The summed E-state index contributed by atoms with van der Waals surface area (Å²) in [4.78, 5) is 86.2. The fourth-order valence-electron chi connectivity index (χ4n) is 7.13. The molecule has 1 unspecified atom stereocenters. The summed E-state index contributed by atoms with van der Waals surface area (Å²) in [6.45, 7) is 14.2. The fourth-order valence-corrected chi connectivity index (χ4v) is 7.13. The second-order valence-electron chi connectivity index (χ2n) is 19.6. The number of hydrogen-bond donors (Lipinski definition) is 6. The van der Waals surface area contributed by atoms with E-state index in [2.05, 4.69) is 46.9 Å². The molecule has 0 aliphatic carbocycles. The van der Waals surface area contributed by atoms with Gasteiger partial charge in [-0.05, 0) is 66.3 Å². The summed E-state index contributed by atoms with van der Waals surface area (Å²) in [6, 6.07) is -1.33. The van der Waals surface area contributed by atoms with E-state index in [-0.39, 0.29) is 133 Å². The molecular formula is C50H93N5O13. The first-order chi connectivity index (χ1) is 32.2. The van der Waals surface area contributed by atoms with E-state index >= 15 is 0 Å². The van der Waals surface area contributed by atoms with E-state index in [1.807, 2.05) is 27.8 Å². The van der Waals surface area contributed by atoms with Crippen LogP contribution in [-0.4, -0.2) is 154 Å². The molecule has 68 heavy (non-hydrogen) atoms. The van der Waals surface area contributed by atoms with E-state index in [1.54, 1.807) is 0 Å². The number of hydrogen-bond acceptors (Lipinski definition) is 12. The lowest BCUT2D eigenvalue weighted by Gasteiger charge is -2.40. The molecular weight excluding hydrogens is 879 g/mol. The van der Waals surface area contributed by atoms with Gasteiger partial charge in [-0.15, -0.1) is 0 Å². The Morgan fingerprint density at radius 2 is 0.897 bits per heavy atom. The topological polar surface area (TPSA) is 248 Å². The number of Topliss-reactive ketones (excluding diaryl/α,β-unsaturated/α-hetero) is 1. The van der Waals surface area contributed by atoms with Gasteiger partial charge >= 0.3 is 11.9 Å². The van der Waals surface area contributed by atoms with E-state index in [0.717, 1.165) is 57.8 Å². The Bertz CT molecular complexity index is 1400. The quantitative estimate of drug-likeness (QED) is 0.0386. The maximum absolute atomic E-state index is 13.1. The molecule has 0 aliphatic heterocycles. The minimum atomic E-state index is -1.18. The zero-order chi connectivity index (χ0) is 51.1. The van der Waals surface area contributed by atoms with Crippen molar-refractivity contribution in [3.05, 3.63) is 0 Å². The van der Waals surface area contributed by atoms with Crippen LogP contribution in [0.15, 0.2) is 0 Å². The number of ether oxygens (including phenoxy) is 4. The molecule has 18 nitrogen and oxygen atoms in total. The number of carboxylic acids is 2. The first-order valence-corrected chi connectivity index (χ1v) is 25.4. The van der Waals surface area contributed by atoms with Crippen LogP contribution in [0.5, 0.6) is 0 Å². The lowest BCUT2D eigenvalue weighted by Crippen LogP contribution is -2.51. The molecule has 0 radical (unpaired) electrons. The minimum absolute atomic E-state index is 0.0273. The summed E-state index contributed by atoms with van der Waals surface area (Å²) in [7, 11) is 1.99. The molecule has 0 spiro atoms. The van der Waals surface area contributed by atoms with Crippen LogP contribution in [0.25, 0.3) is 0 Å². The highest BCUT2D eigenvalue weighted by molar-refractivity contribution is 5.88. The molecule has 0 saturated carbocycles. The third kappa shape index (κ3) is 38.2. The van der Waals surface area contributed by atoms with Crippen molar-refractivity contribution in [2.24, 2.45) is 5.41 Å². The number of aliphatic carboxylic acids is 2. The zero-order valence-electron chi connectivity index (χ0n) is 43.1. The minimum Gasteiger partial charge on any atom is -0.481 e. The molecule has 0 rings (SSSR count). The van der Waals surface area contributed by atoms with Crippen molar-refractivity contribution < 1.29 is 62.7 Å². The lowest BCUT2D eigenvalue weighted by molar-refractivity contribution is -0.142. The lowest BCUT2D eigenvalue weighted by atomic mass is 9.83. The van der Waals surface area contributed by atoms with Crippen molar-refractivity contribution in [1.82, 2.24) is 26.2 Å². The van der Waals surface area contributed by atoms with E-state index in [0.29, 0.717) is 13.0 Å². The monoisotopic (exact) mass is 972 g/mol. The van der Waals surface area contributed by atoms with Gasteiger partial charge in [0.25, 0.3) is 0 Å². The maximum atomic E-state index is 13.1. The number of carbonyl (C=O) groups is 7. The van der Waals surface area contributed by atoms with Gasteiger partial charge in [0, 0.05) is 49.9 Å². The Hall–Kier alpha value is -3.71. The fraction of sp³-hybridized carbons (Fsp3) is 0.860. The van der Waals surface area contributed by atoms with Crippen LogP contribution < -0.4 is 21.3 Å². The van der Waals surface area contributed by atoms with Crippen LogP contribution in [0.4, 0.5) is 0 Å². The van der Waals surface area contributed by atoms with E-state index in [4.69, 9.17) is 24.1 Å². The average Bonchev–Trinajstić information content (AvgIpc) is 3.26. The molecule has 0 aromatic heterocycles. The van der Waals surface area contributed by atoms with Crippen molar-refractivity contribution in [2.45, 2.75) is 194 Å². The number of nitrogens with zero attached hydrogens (tertiary/aromatic N) is 1. The third-order valence-electron chi connectivity index (χ3n) is 11.5. The molecule has 0 aromatic carbocycles. The summed E-state index contributed by atoms with van der Waals surface area (Å²) in [5.41, 5.74) is -0.569. The largest absolute Gasteiger partial charge is 0.481 e. The smallest absolute Gasteiger partial charge is 0.326 e. The number of ketones is 1. The highest BCUT2D eigenvalue weighted by atomic mass is 16.5. The Labute approximate surface area is 408 Å². The second-order valence-corrected chi connectivity index (χ2v) is 19.6. The number of amides is 4. The molecule has 18 heteroatoms. The molecule has 0 heterocycles. The van der Waals surface area contributed by atoms with Crippen molar-refractivity contribution in [2.75, 3.05) is 79.5 Å². The number of nitrogens with one attached hydrogen (secondary N) is 4. The first kappa shape index (κ1) is 64.3. The van der Waals surface area contributed by atoms with Gasteiger partial charge in [0.1, 0.15) is 19.3 Å². The molecule has 0 aliphatic rings. The standard InChI is InChI=1S/C50H93N5O13/c1-49(2,3)47(62)41(55(7)50(4,5)6)24-22-23-29-51-44(58)38-67-36-35-66-33-31-53-45(59)39-68-37-34-65-32-30-52-42(56)28-27-40(48(63)64)54-43(57)25-20-18-16-14-12-10-8-9-11-13-15-17-19-21-26-46(60)61/h40-41H,8-39H2,1-7H3,(H,51,58)(H,52,56)(H,53,59)(H,54,57)(H,60,61)(H,63,64)/t40-,41?/m0/s1. The number of carbonyl (C=O) groups excluding carboxylic acids is 5. The maximum Gasteiger partial charge on any atom is 0.326 e. The van der Waals surface area contributed by atoms with Gasteiger partial charge in [-0.1, -0.05) is 97.8 Å². The van der Waals surface area contributed by atoms with Gasteiger partial charge < -0.3 is 50.4 Å². The van der Waals surface area contributed by atoms with E-state index in [9.17, 15) is 38.7 Å². The van der Waals surface area contributed by atoms with Crippen LogP contribution in [0, 0.1) is 5.41 Å². The molecule has 0 saturated heterocycles. The van der Waals surface area contributed by atoms with E-state index in [1.165, 1.54) is 44.9 Å². The summed E-state index contributed by atoms with van der Waals surface area (Å²) in [5, 5.41) is 28.9. The normalized spacial score (nSPS) is 12.6. The average molecular weight is 972 g/mol. The summed E-state index contributed by atoms with van der Waals surface area (Å²) < 4.78 is 21.5. The van der Waals surface area contributed by atoms with Gasteiger partial charge in [-0.25, -0.2) is 4.79 Å². The predicted molar refractivity (Wildman–Crippen MR) is 262 cm³/mol. The van der Waals surface area contributed by atoms with Gasteiger partial charge in [0.2, 0.25) is 23.6 Å². The van der Waals surface area contributed by atoms with Crippen LogP contribution in [0.1, 0.15) is 176 Å². The third-order valence-corrected chi connectivity index (χ3v) is 11.5. The second kappa shape index (κ2) is 40.1. The van der Waals surface area contributed by atoms with E-state index < -0.39 is 23.4 Å². The number of carboxylic acid groups (broad SMARTS) is 2. The van der Waals surface area contributed by atoms with Crippen LogP contribution >= 0.6 is 0 Å². The predicted octanol–water partition coefficient (Wildman–Crippen LogP) is 5.96. The molecule has 0 bridgehead atoms. The zero-order valence-corrected chi connectivity index (χ0v) is 43.1. The van der Waals surface area contributed by atoms with Crippen LogP contribution in [-0.2, 0) is 52.5 Å². The van der Waals surface area contributed by atoms with Crippen molar-refractivity contribution >= 4 is 41.4 Å². The van der Waals surface area contributed by atoms with Crippen molar-refractivity contribution in [1.29, 1.82) is 0 Å². The van der Waals surface area contributed by atoms with Gasteiger partial charge in [0.05, 0.1) is 45.7 Å². The Morgan fingerprint density at radius 1 is 0.471 bits per heavy atom. The summed E-state index contributed by atoms with van der Waals surface area (Å²) in [6.07, 6.45) is 17.8. The Kier molecular flexibility index (Phi) is 37.9. The molecule has 0 fully saturated rings. The molecule has 2 atom stereocenters. The molecule has 0 aromatic rings. The SMILES string of the molecule is CN(C(CCCCNC(=O)COCCOCCNC(=O)COCCOCCNC(=O)CC[C@H](NC(=O)CCCCCCCCCCCCCCCCC(=O)O)C(=O)O)C(=O)C(C)(C)C)C(C)(C)C. The number of unbranched alkanes of at least 4 members (excludes halogenated alkanes) is 14. The number of likely N-dealkylation sites (N-methyl/N-ethyl adjacent to an activating group) is 1.